The summed E-state index contributed by atoms with van der Waals surface area (Å²) in [6, 6.07) is 22.2. The van der Waals surface area contributed by atoms with Crippen LogP contribution in [-0.4, -0.2) is 10.8 Å². The van der Waals surface area contributed by atoms with E-state index in [0.717, 1.165) is 42.4 Å². The number of ketones is 1. The minimum Gasteiger partial charge on any atom is -0.473 e. The van der Waals surface area contributed by atoms with Crippen LogP contribution in [0, 0.1) is 0 Å². The van der Waals surface area contributed by atoms with Crippen molar-refractivity contribution in [2.24, 2.45) is 0 Å². The third kappa shape index (κ3) is 11.0. The van der Waals surface area contributed by atoms with Crippen molar-refractivity contribution >= 4 is 5.78 Å². The number of aryl methyl sites for hydroxylation is 1. The van der Waals surface area contributed by atoms with E-state index in [2.05, 4.69) is 31.0 Å². The molecule has 3 nitrogen and oxygen atoms in total. The molecule has 1 atom stereocenters. The van der Waals surface area contributed by atoms with Crippen LogP contribution in [0.2, 0.25) is 0 Å². The zero-order chi connectivity index (χ0) is 27.5. The van der Waals surface area contributed by atoms with Gasteiger partial charge in [-0.3, -0.25) is 4.79 Å². The van der Waals surface area contributed by atoms with Gasteiger partial charge in [0.05, 0.1) is 5.92 Å². The maximum atomic E-state index is 13.8. The van der Waals surface area contributed by atoms with Gasteiger partial charge < -0.3 is 4.74 Å². The number of ether oxygens (including phenoxy) is 1. The van der Waals surface area contributed by atoms with Gasteiger partial charge in [-0.25, -0.2) is 4.98 Å². The molecule has 39 heavy (non-hydrogen) atoms. The molecule has 0 saturated heterocycles. The molecule has 0 bridgehead atoms. The molecule has 0 fully saturated rings. The van der Waals surface area contributed by atoms with Gasteiger partial charge >= 0.3 is 0 Å². The third-order valence-corrected chi connectivity index (χ3v) is 7.70. The first-order valence-electron chi connectivity index (χ1n) is 15.5. The van der Waals surface area contributed by atoms with E-state index in [0.29, 0.717) is 12.5 Å². The van der Waals surface area contributed by atoms with Gasteiger partial charge in [0, 0.05) is 17.3 Å². The zero-order valence-corrected chi connectivity index (χ0v) is 24.4. The lowest BCUT2D eigenvalue weighted by Gasteiger charge is -2.19. The van der Waals surface area contributed by atoms with E-state index in [4.69, 9.17) is 4.74 Å². The molecule has 0 aliphatic rings. The predicted molar refractivity (Wildman–Crippen MR) is 164 cm³/mol. The maximum absolute atomic E-state index is 13.8. The minimum atomic E-state index is -0.250. The largest absolute Gasteiger partial charge is 0.473 e. The summed E-state index contributed by atoms with van der Waals surface area (Å²) in [7, 11) is 0. The first kappa shape index (κ1) is 30.6. The van der Waals surface area contributed by atoms with Crippen LogP contribution in [0.1, 0.15) is 130 Å². The van der Waals surface area contributed by atoms with E-state index in [1.165, 1.54) is 69.8 Å². The van der Waals surface area contributed by atoms with Gasteiger partial charge in [0.25, 0.3) is 0 Å². The van der Waals surface area contributed by atoms with Gasteiger partial charge in [0.1, 0.15) is 6.61 Å². The number of nitrogens with zero attached hydrogens (tertiary/aromatic N) is 1. The van der Waals surface area contributed by atoms with Crippen LogP contribution in [0.5, 0.6) is 5.88 Å². The molecule has 3 heteroatoms. The van der Waals surface area contributed by atoms with Crippen LogP contribution in [0.4, 0.5) is 0 Å². The third-order valence-electron chi connectivity index (χ3n) is 7.70. The minimum absolute atomic E-state index is 0.165. The normalized spacial score (nSPS) is 11.8. The number of pyridine rings is 1. The second kappa shape index (κ2) is 18.4. The van der Waals surface area contributed by atoms with Crippen LogP contribution in [-0.2, 0) is 13.0 Å². The number of carbonyl (C=O) groups is 1. The van der Waals surface area contributed by atoms with Crippen LogP contribution >= 0.6 is 0 Å². The monoisotopic (exact) mass is 527 g/mol. The van der Waals surface area contributed by atoms with Gasteiger partial charge in [0.2, 0.25) is 5.88 Å². The van der Waals surface area contributed by atoms with Crippen LogP contribution in [0.3, 0.4) is 0 Å². The van der Waals surface area contributed by atoms with E-state index >= 15 is 0 Å². The zero-order valence-electron chi connectivity index (χ0n) is 24.4. The Hall–Kier alpha value is -2.94. The highest BCUT2D eigenvalue weighted by atomic mass is 16.5. The van der Waals surface area contributed by atoms with Gasteiger partial charge in [-0.05, 0) is 30.0 Å². The summed E-state index contributed by atoms with van der Waals surface area (Å²) >= 11 is 0. The second-order valence-electron chi connectivity index (χ2n) is 10.8. The fourth-order valence-electron chi connectivity index (χ4n) is 5.24. The Balaban J connectivity index is 1.58. The Labute approximate surface area is 237 Å². The SMILES string of the molecule is CCCCCCCCCCCCCCC(C(=O)c1ccc(CC)cc1)c1cccnc1OCc1ccccc1. The van der Waals surface area contributed by atoms with Crippen molar-refractivity contribution in [3.63, 3.8) is 0 Å². The number of aromatic nitrogens is 1. The van der Waals surface area contributed by atoms with Crippen molar-refractivity contribution in [3.8, 4) is 5.88 Å². The molecule has 1 aromatic heterocycles. The number of Topliss-reactive ketones (excluding diaryl/α,β-unsaturated/α-hetero) is 1. The van der Waals surface area contributed by atoms with Crippen molar-refractivity contribution in [1.82, 2.24) is 4.98 Å². The molecule has 3 aromatic rings. The summed E-state index contributed by atoms with van der Waals surface area (Å²) in [5.41, 5.74) is 4.01. The molecular weight excluding hydrogens is 478 g/mol. The molecule has 0 saturated carbocycles. The molecular formula is C36H49NO2. The van der Waals surface area contributed by atoms with E-state index in [1.807, 2.05) is 54.6 Å². The Morgan fingerprint density at radius 3 is 1.92 bits per heavy atom. The maximum Gasteiger partial charge on any atom is 0.217 e. The lowest BCUT2D eigenvalue weighted by molar-refractivity contribution is 0.0951. The Morgan fingerprint density at radius 1 is 0.692 bits per heavy atom. The van der Waals surface area contributed by atoms with Crippen molar-refractivity contribution in [2.45, 2.75) is 116 Å². The van der Waals surface area contributed by atoms with Gasteiger partial charge in [-0.15, -0.1) is 0 Å². The van der Waals surface area contributed by atoms with E-state index in [-0.39, 0.29) is 11.7 Å². The number of benzene rings is 2. The van der Waals surface area contributed by atoms with Crippen LogP contribution < -0.4 is 4.74 Å². The molecule has 1 heterocycles. The molecule has 0 radical (unpaired) electrons. The molecule has 3 rings (SSSR count). The molecule has 2 aromatic carbocycles. The van der Waals surface area contributed by atoms with Gasteiger partial charge in [-0.1, -0.05) is 152 Å². The average Bonchev–Trinajstić information content (AvgIpc) is 2.99. The summed E-state index contributed by atoms with van der Waals surface area (Å²) in [5, 5.41) is 0. The van der Waals surface area contributed by atoms with Gasteiger partial charge in [0.15, 0.2) is 5.78 Å². The molecule has 210 valence electrons. The summed E-state index contributed by atoms with van der Waals surface area (Å²) in [6.45, 7) is 4.85. The Kier molecular flexibility index (Phi) is 14.4. The molecule has 0 amide bonds. The number of carbonyl (C=O) groups excluding carboxylic acids is 1. The predicted octanol–water partition coefficient (Wildman–Crippen LogP) is 10.3. The first-order chi connectivity index (χ1) is 19.2. The Morgan fingerprint density at radius 2 is 1.31 bits per heavy atom. The molecule has 1 unspecified atom stereocenters. The molecule has 0 aliphatic carbocycles. The second-order valence-corrected chi connectivity index (χ2v) is 10.8. The molecule has 0 aliphatic heterocycles. The number of hydrogen-bond donors (Lipinski definition) is 0. The topological polar surface area (TPSA) is 39.2 Å². The van der Waals surface area contributed by atoms with Gasteiger partial charge in [-0.2, -0.15) is 0 Å². The van der Waals surface area contributed by atoms with E-state index in [9.17, 15) is 4.79 Å². The van der Waals surface area contributed by atoms with Crippen LogP contribution in [0.15, 0.2) is 72.9 Å². The van der Waals surface area contributed by atoms with Crippen molar-refractivity contribution in [3.05, 3.63) is 95.2 Å². The van der Waals surface area contributed by atoms with Crippen molar-refractivity contribution in [1.29, 1.82) is 0 Å². The first-order valence-corrected chi connectivity index (χ1v) is 15.5. The summed E-state index contributed by atoms with van der Waals surface area (Å²) < 4.78 is 6.18. The highest BCUT2D eigenvalue weighted by Crippen LogP contribution is 2.33. The average molecular weight is 528 g/mol. The standard InChI is InChI=1S/C36H49NO2/c1-3-5-6-7-8-9-10-11-12-13-14-18-22-33(35(38)32-26-24-30(4-2)25-27-32)34-23-19-28-37-36(34)39-29-31-20-16-15-17-21-31/h15-17,19-21,23-28,33H,3-14,18,22,29H2,1-2H3. The fraction of sp³-hybridized carbons (Fsp3) is 0.500. The summed E-state index contributed by atoms with van der Waals surface area (Å²) in [6.07, 6.45) is 19.2. The highest BCUT2D eigenvalue weighted by Gasteiger charge is 2.25. The summed E-state index contributed by atoms with van der Waals surface area (Å²) in [4.78, 5) is 18.4. The lowest BCUT2D eigenvalue weighted by Crippen LogP contribution is -2.15. The van der Waals surface area contributed by atoms with E-state index < -0.39 is 0 Å². The smallest absolute Gasteiger partial charge is 0.217 e. The fourth-order valence-corrected chi connectivity index (χ4v) is 5.24. The molecule has 0 spiro atoms. The number of rotatable bonds is 20. The quantitative estimate of drug-likeness (QED) is 0.108. The van der Waals surface area contributed by atoms with E-state index in [1.54, 1.807) is 6.20 Å². The molecule has 0 N–H and O–H groups in total. The number of unbranched alkanes of at least 4 members (excludes halogenated alkanes) is 11. The van der Waals surface area contributed by atoms with Crippen LogP contribution in [0.25, 0.3) is 0 Å². The lowest BCUT2D eigenvalue weighted by atomic mass is 9.86. The Bertz CT molecular complexity index is 1060. The number of hydrogen-bond acceptors (Lipinski definition) is 3. The summed E-state index contributed by atoms with van der Waals surface area (Å²) in [5.74, 6) is 0.488. The highest BCUT2D eigenvalue weighted by molar-refractivity contribution is 6.01. The van der Waals surface area contributed by atoms with Crippen molar-refractivity contribution < 1.29 is 9.53 Å². The van der Waals surface area contributed by atoms with Crippen molar-refractivity contribution in [2.75, 3.05) is 0 Å².